The number of rotatable bonds is 2. The zero-order valence-corrected chi connectivity index (χ0v) is 11.6. The monoisotopic (exact) mass is 279 g/mol. The Morgan fingerprint density at radius 1 is 1.26 bits per heavy atom. The van der Waals surface area contributed by atoms with Crippen molar-refractivity contribution in [2.75, 3.05) is 0 Å². The van der Waals surface area contributed by atoms with Gasteiger partial charge in [0.2, 0.25) is 0 Å². The highest BCUT2D eigenvalue weighted by Crippen LogP contribution is 2.31. The molecule has 3 nitrogen and oxygen atoms in total. The van der Waals surface area contributed by atoms with Crippen molar-refractivity contribution in [2.45, 2.75) is 50.7 Å². The van der Waals surface area contributed by atoms with E-state index in [1.807, 2.05) is 12.1 Å². The third-order valence-electron chi connectivity index (χ3n) is 3.94. The molecular formula is C15H18ClNO2. The fourth-order valence-corrected chi connectivity index (χ4v) is 3.10. The van der Waals surface area contributed by atoms with Crippen molar-refractivity contribution >= 4 is 17.5 Å². The standard InChI is InChI=1S/C15H18ClNO2/c16-11-6-7-13-10(8-11)9-14(19-13)15(18)17-12-4-2-1-3-5-12/h6-8,12,14H,1-5,9H2,(H,17,18)/t14-/m1/s1. The van der Waals surface area contributed by atoms with E-state index in [1.54, 1.807) is 6.07 Å². The fourth-order valence-electron chi connectivity index (χ4n) is 2.90. The number of carbonyl (C=O) groups is 1. The molecule has 4 heteroatoms. The molecule has 0 aromatic heterocycles. The van der Waals surface area contributed by atoms with Gasteiger partial charge in [-0.3, -0.25) is 4.79 Å². The Bertz CT molecular complexity index is 483. The maximum absolute atomic E-state index is 12.2. The lowest BCUT2D eigenvalue weighted by Crippen LogP contribution is -2.44. The number of halogens is 1. The highest BCUT2D eigenvalue weighted by atomic mass is 35.5. The Balaban J connectivity index is 1.60. The van der Waals surface area contributed by atoms with Gasteiger partial charge in [0, 0.05) is 17.5 Å². The van der Waals surface area contributed by atoms with Crippen molar-refractivity contribution in [3.8, 4) is 5.75 Å². The molecule has 0 unspecified atom stereocenters. The van der Waals surface area contributed by atoms with E-state index >= 15 is 0 Å². The molecule has 1 aromatic rings. The summed E-state index contributed by atoms with van der Waals surface area (Å²) in [7, 11) is 0. The first kappa shape index (κ1) is 12.8. The minimum absolute atomic E-state index is 0.0132. The number of nitrogens with one attached hydrogen (secondary N) is 1. The lowest BCUT2D eigenvalue weighted by atomic mass is 9.95. The van der Waals surface area contributed by atoms with Gasteiger partial charge >= 0.3 is 0 Å². The van der Waals surface area contributed by atoms with E-state index in [4.69, 9.17) is 16.3 Å². The van der Waals surface area contributed by atoms with Gasteiger partial charge in [-0.25, -0.2) is 0 Å². The average molecular weight is 280 g/mol. The van der Waals surface area contributed by atoms with E-state index in [0.717, 1.165) is 24.2 Å². The van der Waals surface area contributed by atoms with E-state index in [0.29, 0.717) is 17.5 Å². The number of fused-ring (bicyclic) bond motifs is 1. The van der Waals surface area contributed by atoms with Crippen LogP contribution >= 0.6 is 11.6 Å². The summed E-state index contributed by atoms with van der Waals surface area (Å²) in [4.78, 5) is 12.2. The van der Waals surface area contributed by atoms with Gasteiger partial charge in [0.05, 0.1) is 0 Å². The highest BCUT2D eigenvalue weighted by Gasteiger charge is 2.30. The molecule has 1 atom stereocenters. The molecule has 3 rings (SSSR count). The van der Waals surface area contributed by atoms with Crippen LogP contribution in [0.15, 0.2) is 18.2 Å². The summed E-state index contributed by atoms with van der Waals surface area (Å²) in [5.74, 6) is 0.799. The van der Waals surface area contributed by atoms with Crippen LogP contribution in [0.25, 0.3) is 0 Å². The van der Waals surface area contributed by atoms with Crippen molar-refractivity contribution in [3.05, 3.63) is 28.8 Å². The van der Waals surface area contributed by atoms with E-state index in [-0.39, 0.29) is 5.91 Å². The molecule has 1 amide bonds. The second kappa shape index (κ2) is 5.41. The molecule has 19 heavy (non-hydrogen) atoms. The third-order valence-corrected chi connectivity index (χ3v) is 4.18. The molecule has 1 aliphatic carbocycles. The summed E-state index contributed by atoms with van der Waals surface area (Å²) in [5, 5.41) is 3.80. The number of benzene rings is 1. The Kier molecular flexibility index (Phi) is 3.65. The molecule has 1 saturated carbocycles. The predicted molar refractivity (Wildman–Crippen MR) is 74.6 cm³/mol. The Hall–Kier alpha value is -1.22. The number of hydrogen-bond donors (Lipinski definition) is 1. The highest BCUT2D eigenvalue weighted by molar-refractivity contribution is 6.30. The van der Waals surface area contributed by atoms with Gasteiger partial charge in [-0.2, -0.15) is 0 Å². The minimum Gasteiger partial charge on any atom is -0.480 e. The summed E-state index contributed by atoms with van der Waals surface area (Å²) >= 11 is 5.95. The van der Waals surface area contributed by atoms with E-state index in [1.165, 1.54) is 19.3 Å². The summed E-state index contributed by atoms with van der Waals surface area (Å²) in [5.41, 5.74) is 1.02. The molecular weight excluding hydrogens is 262 g/mol. The topological polar surface area (TPSA) is 38.3 Å². The maximum atomic E-state index is 12.2. The van der Waals surface area contributed by atoms with Gasteiger partial charge in [0.25, 0.3) is 5.91 Å². The molecule has 0 bridgehead atoms. The molecule has 1 fully saturated rings. The van der Waals surface area contributed by atoms with E-state index in [9.17, 15) is 4.79 Å². The van der Waals surface area contributed by atoms with Crippen LogP contribution < -0.4 is 10.1 Å². The molecule has 0 radical (unpaired) electrons. The third kappa shape index (κ3) is 2.86. The van der Waals surface area contributed by atoms with Crippen LogP contribution in [0.4, 0.5) is 0 Å². The number of hydrogen-bond acceptors (Lipinski definition) is 2. The van der Waals surface area contributed by atoms with Gasteiger partial charge in [0.1, 0.15) is 5.75 Å². The van der Waals surface area contributed by atoms with Crippen LogP contribution in [-0.2, 0) is 11.2 Å². The SMILES string of the molecule is O=C(NC1CCCCC1)[C@H]1Cc2cc(Cl)ccc2O1. The Morgan fingerprint density at radius 3 is 2.84 bits per heavy atom. The van der Waals surface area contributed by atoms with Crippen LogP contribution in [0.3, 0.4) is 0 Å². The van der Waals surface area contributed by atoms with E-state index in [2.05, 4.69) is 5.32 Å². The summed E-state index contributed by atoms with van der Waals surface area (Å²) in [6.07, 6.45) is 6.13. The van der Waals surface area contributed by atoms with Gasteiger partial charge in [-0.1, -0.05) is 30.9 Å². The molecule has 1 heterocycles. The second-order valence-electron chi connectivity index (χ2n) is 5.41. The maximum Gasteiger partial charge on any atom is 0.261 e. The van der Waals surface area contributed by atoms with Crippen LogP contribution in [0.5, 0.6) is 5.75 Å². The summed E-state index contributed by atoms with van der Waals surface area (Å²) in [6, 6.07) is 5.84. The second-order valence-corrected chi connectivity index (χ2v) is 5.84. The van der Waals surface area contributed by atoms with E-state index < -0.39 is 6.10 Å². The van der Waals surface area contributed by atoms with Gasteiger partial charge in [-0.05, 0) is 36.6 Å². The summed E-state index contributed by atoms with van der Waals surface area (Å²) in [6.45, 7) is 0. The first-order chi connectivity index (χ1) is 9.22. The van der Waals surface area contributed by atoms with Crippen LogP contribution in [0, 0.1) is 0 Å². The Morgan fingerprint density at radius 2 is 2.05 bits per heavy atom. The van der Waals surface area contributed by atoms with Crippen molar-refractivity contribution in [2.24, 2.45) is 0 Å². The van der Waals surface area contributed by atoms with Crippen molar-refractivity contribution < 1.29 is 9.53 Å². The molecule has 1 aliphatic heterocycles. The molecule has 0 saturated heterocycles. The smallest absolute Gasteiger partial charge is 0.261 e. The average Bonchev–Trinajstić information content (AvgIpc) is 2.83. The molecule has 1 N–H and O–H groups in total. The van der Waals surface area contributed by atoms with Crippen molar-refractivity contribution in [1.29, 1.82) is 0 Å². The van der Waals surface area contributed by atoms with Gasteiger partial charge < -0.3 is 10.1 Å². The summed E-state index contributed by atoms with van der Waals surface area (Å²) < 4.78 is 5.69. The normalized spacial score (nSPS) is 22.7. The lowest BCUT2D eigenvalue weighted by Gasteiger charge is -2.24. The van der Waals surface area contributed by atoms with Gasteiger partial charge in [-0.15, -0.1) is 0 Å². The minimum atomic E-state index is -0.393. The molecule has 1 aromatic carbocycles. The van der Waals surface area contributed by atoms with Crippen LogP contribution in [-0.4, -0.2) is 18.1 Å². The zero-order valence-electron chi connectivity index (χ0n) is 10.8. The molecule has 0 spiro atoms. The molecule has 2 aliphatic rings. The van der Waals surface area contributed by atoms with Crippen molar-refractivity contribution in [3.63, 3.8) is 0 Å². The predicted octanol–water partition coefficient (Wildman–Crippen LogP) is 3.09. The number of ether oxygens (including phenoxy) is 1. The zero-order chi connectivity index (χ0) is 13.2. The van der Waals surface area contributed by atoms with Crippen LogP contribution in [0.1, 0.15) is 37.7 Å². The van der Waals surface area contributed by atoms with Crippen LogP contribution in [0.2, 0.25) is 5.02 Å². The first-order valence-electron chi connectivity index (χ1n) is 6.98. The number of amides is 1. The number of carbonyl (C=O) groups excluding carboxylic acids is 1. The van der Waals surface area contributed by atoms with Crippen molar-refractivity contribution in [1.82, 2.24) is 5.32 Å². The fraction of sp³-hybridized carbons (Fsp3) is 0.533. The largest absolute Gasteiger partial charge is 0.480 e. The molecule has 102 valence electrons. The first-order valence-corrected chi connectivity index (χ1v) is 7.35. The lowest BCUT2D eigenvalue weighted by molar-refractivity contribution is -0.128. The van der Waals surface area contributed by atoms with Gasteiger partial charge in [0.15, 0.2) is 6.10 Å². The quantitative estimate of drug-likeness (QED) is 0.903. The Labute approximate surface area is 118 Å².